The van der Waals surface area contributed by atoms with E-state index in [1.54, 1.807) is 12.1 Å². The molecule has 0 bridgehead atoms. The van der Waals surface area contributed by atoms with Crippen molar-refractivity contribution in [1.29, 1.82) is 0 Å². The maximum absolute atomic E-state index is 12.7. The van der Waals surface area contributed by atoms with Gasteiger partial charge in [0.25, 0.3) is 0 Å². The van der Waals surface area contributed by atoms with Crippen molar-refractivity contribution in [3.05, 3.63) is 12.1 Å². The van der Waals surface area contributed by atoms with E-state index in [2.05, 4.69) is 10.6 Å². The molecular weight excluding hydrogens is 348 g/mol. The minimum Gasteiger partial charge on any atom is -0.493 e. The molecule has 1 fully saturated rings. The molecule has 1 aliphatic carbocycles. The molecule has 0 atom stereocenters. The van der Waals surface area contributed by atoms with Crippen molar-refractivity contribution < 1.29 is 23.8 Å². The number of benzene rings is 1. The van der Waals surface area contributed by atoms with Crippen LogP contribution in [0.15, 0.2) is 12.1 Å². The monoisotopic (exact) mass is 378 g/mol. The highest BCUT2D eigenvalue weighted by molar-refractivity contribution is 5.93. The number of methoxy groups -OCH3 is 3. The third kappa shape index (κ3) is 5.28. The predicted molar refractivity (Wildman–Crippen MR) is 103 cm³/mol. The molecule has 2 amide bonds. The Bertz CT molecular complexity index is 641. The summed E-state index contributed by atoms with van der Waals surface area (Å²) in [6, 6.07) is 3.56. The lowest BCUT2D eigenvalue weighted by Crippen LogP contribution is -2.38. The topological polar surface area (TPSA) is 85.9 Å². The van der Waals surface area contributed by atoms with Crippen LogP contribution in [0.2, 0.25) is 0 Å². The standard InChI is InChI=1S/C20H30N2O5/c1-12(2)21-19(23)13-6-8-14(9-7-13)20(24)22-15-10-16(25-3)18(27-5)17(11-15)26-4/h10-14H,6-9H2,1-5H3,(H,21,23)(H,22,24). The summed E-state index contributed by atoms with van der Waals surface area (Å²) < 4.78 is 15.9. The number of hydrogen-bond donors (Lipinski definition) is 2. The molecule has 0 saturated heterocycles. The highest BCUT2D eigenvalue weighted by Gasteiger charge is 2.30. The number of anilines is 1. The molecule has 1 aromatic rings. The first-order valence-corrected chi connectivity index (χ1v) is 9.30. The third-order valence-electron chi connectivity index (χ3n) is 4.83. The van der Waals surface area contributed by atoms with Crippen molar-refractivity contribution in [2.75, 3.05) is 26.6 Å². The second-order valence-corrected chi connectivity index (χ2v) is 7.12. The molecule has 0 spiro atoms. The zero-order valence-electron chi connectivity index (χ0n) is 16.8. The third-order valence-corrected chi connectivity index (χ3v) is 4.83. The molecule has 1 saturated carbocycles. The van der Waals surface area contributed by atoms with Gasteiger partial charge in [-0.25, -0.2) is 0 Å². The lowest BCUT2D eigenvalue weighted by Gasteiger charge is -2.27. The van der Waals surface area contributed by atoms with Crippen LogP contribution in [0.5, 0.6) is 17.2 Å². The lowest BCUT2D eigenvalue weighted by atomic mass is 9.81. The molecule has 0 unspecified atom stereocenters. The van der Waals surface area contributed by atoms with Crippen LogP contribution in [-0.2, 0) is 9.59 Å². The fourth-order valence-electron chi connectivity index (χ4n) is 3.42. The summed E-state index contributed by atoms with van der Waals surface area (Å²) in [5.74, 6) is 1.39. The quantitative estimate of drug-likeness (QED) is 0.762. The fourth-order valence-corrected chi connectivity index (χ4v) is 3.42. The van der Waals surface area contributed by atoms with Gasteiger partial charge in [0.05, 0.1) is 21.3 Å². The van der Waals surface area contributed by atoms with Gasteiger partial charge in [-0.2, -0.15) is 0 Å². The summed E-state index contributed by atoms with van der Waals surface area (Å²) in [6.45, 7) is 3.91. The van der Waals surface area contributed by atoms with E-state index in [0.29, 0.717) is 35.8 Å². The Morgan fingerprint density at radius 2 is 1.37 bits per heavy atom. The van der Waals surface area contributed by atoms with Gasteiger partial charge in [-0.1, -0.05) is 0 Å². The number of nitrogens with one attached hydrogen (secondary N) is 2. The van der Waals surface area contributed by atoms with Crippen LogP contribution < -0.4 is 24.8 Å². The molecular formula is C20H30N2O5. The first-order valence-electron chi connectivity index (χ1n) is 9.30. The maximum atomic E-state index is 12.7. The number of carbonyl (C=O) groups is 2. The molecule has 2 rings (SSSR count). The van der Waals surface area contributed by atoms with Crippen molar-refractivity contribution >= 4 is 17.5 Å². The zero-order valence-corrected chi connectivity index (χ0v) is 16.8. The molecule has 1 aliphatic rings. The number of rotatable bonds is 7. The van der Waals surface area contributed by atoms with Crippen LogP contribution >= 0.6 is 0 Å². The first kappa shape index (κ1) is 20.9. The van der Waals surface area contributed by atoms with Crippen LogP contribution in [0.4, 0.5) is 5.69 Å². The van der Waals surface area contributed by atoms with Crippen LogP contribution in [0.3, 0.4) is 0 Å². The molecule has 150 valence electrons. The molecule has 27 heavy (non-hydrogen) atoms. The summed E-state index contributed by atoms with van der Waals surface area (Å²) in [4.78, 5) is 24.8. The SMILES string of the molecule is COc1cc(NC(=O)C2CCC(C(=O)NC(C)C)CC2)cc(OC)c1OC. The zero-order chi connectivity index (χ0) is 20.0. The normalized spacial score (nSPS) is 19.3. The summed E-state index contributed by atoms with van der Waals surface area (Å²) in [5, 5.41) is 5.89. The molecule has 7 heteroatoms. The number of ether oxygens (including phenoxy) is 3. The van der Waals surface area contributed by atoms with Gasteiger partial charge in [0.2, 0.25) is 17.6 Å². The van der Waals surface area contributed by atoms with E-state index in [9.17, 15) is 9.59 Å². The molecule has 1 aromatic carbocycles. The molecule has 0 aliphatic heterocycles. The van der Waals surface area contributed by atoms with Crippen LogP contribution in [0.25, 0.3) is 0 Å². The Morgan fingerprint density at radius 3 is 1.78 bits per heavy atom. The van der Waals surface area contributed by atoms with Crippen molar-refractivity contribution in [3.8, 4) is 17.2 Å². The maximum Gasteiger partial charge on any atom is 0.227 e. The van der Waals surface area contributed by atoms with Crippen molar-refractivity contribution in [3.63, 3.8) is 0 Å². The Kier molecular flexibility index (Phi) is 7.33. The second kappa shape index (κ2) is 9.48. The van der Waals surface area contributed by atoms with Gasteiger partial charge in [-0.3, -0.25) is 9.59 Å². The molecule has 0 aromatic heterocycles. The van der Waals surface area contributed by atoms with E-state index in [4.69, 9.17) is 14.2 Å². The summed E-state index contributed by atoms with van der Waals surface area (Å²) in [5.41, 5.74) is 0.592. The van der Waals surface area contributed by atoms with E-state index < -0.39 is 0 Å². The van der Waals surface area contributed by atoms with Crippen LogP contribution in [-0.4, -0.2) is 39.2 Å². The van der Waals surface area contributed by atoms with Gasteiger partial charge in [-0.15, -0.1) is 0 Å². The van der Waals surface area contributed by atoms with E-state index in [0.717, 1.165) is 12.8 Å². The molecule has 0 heterocycles. The van der Waals surface area contributed by atoms with Crippen molar-refractivity contribution in [2.45, 2.75) is 45.6 Å². The number of amides is 2. The largest absolute Gasteiger partial charge is 0.493 e. The van der Waals surface area contributed by atoms with Gasteiger partial charge in [-0.05, 0) is 39.5 Å². The average Bonchev–Trinajstić information content (AvgIpc) is 2.66. The minimum absolute atomic E-state index is 0.00220. The summed E-state index contributed by atoms with van der Waals surface area (Å²) in [7, 11) is 4.60. The highest BCUT2D eigenvalue weighted by atomic mass is 16.5. The molecule has 0 radical (unpaired) electrons. The minimum atomic E-state index is -0.104. The van der Waals surface area contributed by atoms with Crippen LogP contribution in [0, 0.1) is 11.8 Å². The van der Waals surface area contributed by atoms with Gasteiger partial charge < -0.3 is 24.8 Å². The van der Waals surface area contributed by atoms with E-state index >= 15 is 0 Å². The summed E-state index contributed by atoms with van der Waals surface area (Å²) in [6.07, 6.45) is 2.86. The second-order valence-electron chi connectivity index (χ2n) is 7.12. The molecule has 7 nitrogen and oxygen atoms in total. The smallest absolute Gasteiger partial charge is 0.227 e. The Labute approximate surface area is 160 Å². The number of carbonyl (C=O) groups excluding carboxylic acids is 2. The fraction of sp³-hybridized carbons (Fsp3) is 0.600. The lowest BCUT2D eigenvalue weighted by molar-refractivity contribution is -0.128. The van der Waals surface area contributed by atoms with Crippen LogP contribution in [0.1, 0.15) is 39.5 Å². The van der Waals surface area contributed by atoms with E-state index in [1.807, 2.05) is 13.8 Å². The first-order chi connectivity index (χ1) is 12.9. The molecule has 2 N–H and O–H groups in total. The van der Waals surface area contributed by atoms with Crippen molar-refractivity contribution in [1.82, 2.24) is 5.32 Å². The highest BCUT2D eigenvalue weighted by Crippen LogP contribution is 2.40. The van der Waals surface area contributed by atoms with Gasteiger partial charge in [0.1, 0.15) is 0 Å². The average molecular weight is 378 g/mol. The number of hydrogen-bond acceptors (Lipinski definition) is 5. The van der Waals surface area contributed by atoms with Crippen molar-refractivity contribution in [2.24, 2.45) is 11.8 Å². The Balaban J connectivity index is 1.99. The van der Waals surface area contributed by atoms with E-state index in [1.165, 1.54) is 21.3 Å². The van der Waals surface area contributed by atoms with Gasteiger partial charge in [0, 0.05) is 35.7 Å². The Morgan fingerprint density at radius 1 is 0.889 bits per heavy atom. The predicted octanol–water partition coefficient (Wildman–Crippen LogP) is 2.98. The van der Waals surface area contributed by atoms with Gasteiger partial charge in [0.15, 0.2) is 11.5 Å². The van der Waals surface area contributed by atoms with E-state index in [-0.39, 0.29) is 29.7 Å². The van der Waals surface area contributed by atoms with Gasteiger partial charge >= 0.3 is 0 Å². The Hall–Kier alpha value is -2.44. The summed E-state index contributed by atoms with van der Waals surface area (Å²) >= 11 is 0.